The van der Waals surface area contributed by atoms with Crippen LogP contribution in [-0.2, 0) is 11.7 Å². The van der Waals surface area contributed by atoms with Crippen LogP contribution in [0.15, 0.2) is 48.5 Å². The number of rotatable bonds is 5. The average Bonchev–Trinajstić information content (AvgIpc) is 3.12. The van der Waals surface area contributed by atoms with Crippen molar-refractivity contribution in [3.05, 3.63) is 65.5 Å². The fraction of sp³-hybridized carbons (Fsp3) is 0.316. The molecule has 0 aliphatic rings. The van der Waals surface area contributed by atoms with Crippen molar-refractivity contribution in [3.8, 4) is 5.69 Å². The van der Waals surface area contributed by atoms with Gasteiger partial charge in [0.25, 0.3) is 0 Å². The molecule has 0 saturated heterocycles. The molecule has 0 bridgehead atoms. The molecule has 1 atom stereocenters. The van der Waals surface area contributed by atoms with Gasteiger partial charge in [0, 0.05) is 5.69 Å². The Kier molecular flexibility index (Phi) is 4.91. The number of hydrogen-bond acceptors (Lipinski definition) is 4. The molecule has 1 unspecified atom stereocenters. The first-order valence-electron chi connectivity index (χ1n) is 8.55. The van der Waals surface area contributed by atoms with Crippen molar-refractivity contribution in [3.63, 3.8) is 0 Å². The summed E-state index contributed by atoms with van der Waals surface area (Å²) in [5.74, 6) is 0.525. The number of alkyl halides is 3. The molecule has 3 rings (SSSR count). The van der Waals surface area contributed by atoms with E-state index < -0.39 is 17.3 Å². The van der Waals surface area contributed by atoms with Crippen LogP contribution in [0, 0.1) is 6.92 Å². The van der Waals surface area contributed by atoms with E-state index in [9.17, 15) is 13.2 Å². The minimum Gasteiger partial charge on any atom is -0.373 e. The van der Waals surface area contributed by atoms with Crippen LogP contribution >= 0.6 is 0 Å². The van der Waals surface area contributed by atoms with Gasteiger partial charge in [0.2, 0.25) is 0 Å². The third kappa shape index (κ3) is 3.79. The molecule has 8 heteroatoms. The predicted octanol–water partition coefficient (Wildman–Crippen LogP) is 4.73. The Morgan fingerprint density at radius 3 is 2.48 bits per heavy atom. The van der Waals surface area contributed by atoms with Crippen LogP contribution in [0.5, 0.6) is 0 Å². The molecule has 2 aromatic carbocycles. The highest BCUT2D eigenvalue weighted by Crippen LogP contribution is 2.34. The van der Waals surface area contributed by atoms with Crippen molar-refractivity contribution in [1.29, 1.82) is 0 Å². The van der Waals surface area contributed by atoms with E-state index in [1.165, 1.54) is 6.07 Å². The number of nitrogens with zero attached hydrogens (tertiary/aromatic N) is 4. The molecule has 1 aromatic heterocycles. The van der Waals surface area contributed by atoms with Gasteiger partial charge in [-0.25, -0.2) is 0 Å². The highest BCUT2D eigenvalue weighted by Gasteiger charge is 2.34. The summed E-state index contributed by atoms with van der Waals surface area (Å²) >= 11 is 0. The van der Waals surface area contributed by atoms with Gasteiger partial charge in [0.05, 0.1) is 16.8 Å². The maximum Gasteiger partial charge on any atom is 0.416 e. The van der Waals surface area contributed by atoms with Crippen molar-refractivity contribution in [2.24, 2.45) is 0 Å². The van der Waals surface area contributed by atoms with E-state index in [4.69, 9.17) is 0 Å². The Bertz CT molecular complexity index is 935. The monoisotopic (exact) mass is 375 g/mol. The van der Waals surface area contributed by atoms with Crippen molar-refractivity contribution < 1.29 is 13.2 Å². The summed E-state index contributed by atoms with van der Waals surface area (Å²) in [6.07, 6.45) is -3.83. The van der Waals surface area contributed by atoms with Gasteiger partial charge in [-0.3, -0.25) is 0 Å². The standard InChI is InChI=1S/C19H20F3N5/c1-4-18(3,23-15-10-7-9-14(12-15)19(20,21)22)17-24-25-26-27(17)16-11-6-5-8-13(16)2/h5-12,23H,4H2,1-3H3. The highest BCUT2D eigenvalue weighted by atomic mass is 19.4. The molecule has 5 nitrogen and oxygen atoms in total. The number of nitrogens with one attached hydrogen (secondary N) is 1. The summed E-state index contributed by atoms with van der Waals surface area (Å²) in [5.41, 5.74) is 0.695. The van der Waals surface area contributed by atoms with Crippen LogP contribution in [-0.4, -0.2) is 20.2 Å². The topological polar surface area (TPSA) is 55.6 Å². The van der Waals surface area contributed by atoms with E-state index in [0.717, 1.165) is 23.4 Å². The molecule has 0 aliphatic carbocycles. The zero-order chi connectivity index (χ0) is 19.7. The first kappa shape index (κ1) is 18.9. The third-order valence-corrected chi connectivity index (χ3v) is 4.62. The molecule has 0 spiro atoms. The SMILES string of the molecule is CCC(C)(Nc1cccc(C(F)(F)F)c1)c1nnnn1-c1ccccc1C. The molecule has 0 fully saturated rings. The minimum absolute atomic E-state index is 0.355. The fourth-order valence-electron chi connectivity index (χ4n) is 2.89. The van der Waals surface area contributed by atoms with Crippen molar-refractivity contribution in [2.75, 3.05) is 5.32 Å². The van der Waals surface area contributed by atoms with Crippen molar-refractivity contribution in [2.45, 2.75) is 38.9 Å². The van der Waals surface area contributed by atoms with Gasteiger partial charge >= 0.3 is 6.18 Å². The molecule has 3 aromatic rings. The molecule has 1 heterocycles. The van der Waals surface area contributed by atoms with Crippen LogP contribution in [0.4, 0.5) is 18.9 Å². The highest BCUT2D eigenvalue weighted by molar-refractivity contribution is 5.50. The molecule has 27 heavy (non-hydrogen) atoms. The molecular weight excluding hydrogens is 355 g/mol. The zero-order valence-electron chi connectivity index (χ0n) is 15.2. The summed E-state index contributed by atoms with van der Waals surface area (Å²) in [4.78, 5) is 0. The normalized spacial score (nSPS) is 14.0. The summed E-state index contributed by atoms with van der Waals surface area (Å²) in [7, 11) is 0. The Morgan fingerprint density at radius 2 is 1.81 bits per heavy atom. The Morgan fingerprint density at radius 1 is 1.07 bits per heavy atom. The lowest BCUT2D eigenvalue weighted by atomic mass is 9.96. The van der Waals surface area contributed by atoms with Gasteiger partial charge in [-0.1, -0.05) is 31.2 Å². The molecule has 0 amide bonds. The maximum absolute atomic E-state index is 13.0. The Labute approximate surface area is 155 Å². The number of para-hydroxylation sites is 1. The maximum atomic E-state index is 13.0. The van der Waals surface area contributed by atoms with Crippen LogP contribution in [0.2, 0.25) is 0 Å². The summed E-state index contributed by atoms with van der Waals surface area (Å²) < 4.78 is 40.7. The van der Waals surface area contributed by atoms with E-state index in [0.29, 0.717) is 17.9 Å². The van der Waals surface area contributed by atoms with Crippen LogP contribution in [0.1, 0.15) is 37.2 Å². The third-order valence-electron chi connectivity index (χ3n) is 4.62. The first-order valence-corrected chi connectivity index (χ1v) is 8.55. The second kappa shape index (κ2) is 7.02. The molecule has 142 valence electrons. The van der Waals surface area contributed by atoms with E-state index in [1.807, 2.05) is 45.0 Å². The van der Waals surface area contributed by atoms with E-state index in [-0.39, 0.29) is 0 Å². The van der Waals surface area contributed by atoms with E-state index >= 15 is 0 Å². The van der Waals surface area contributed by atoms with Gasteiger partial charge < -0.3 is 5.32 Å². The number of hydrogen-bond donors (Lipinski definition) is 1. The van der Waals surface area contributed by atoms with Gasteiger partial charge in [-0.05, 0) is 60.5 Å². The predicted molar refractivity (Wildman–Crippen MR) is 96.6 cm³/mol. The number of tetrazole rings is 1. The average molecular weight is 375 g/mol. The second-order valence-corrected chi connectivity index (χ2v) is 6.59. The number of halogens is 3. The largest absolute Gasteiger partial charge is 0.416 e. The minimum atomic E-state index is -4.40. The second-order valence-electron chi connectivity index (χ2n) is 6.59. The van der Waals surface area contributed by atoms with Gasteiger partial charge in [0.15, 0.2) is 5.82 Å². The van der Waals surface area contributed by atoms with Crippen LogP contribution < -0.4 is 5.32 Å². The summed E-state index contributed by atoms with van der Waals surface area (Å²) in [6, 6.07) is 12.8. The molecular formula is C19H20F3N5. The van der Waals surface area contributed by atoms with Gasteiger partial charge in [0.1, 0.15) is 0 Å². The van der Waals surface area contributed by atoms with E-state index in [2.05, 4.69) is 20.8 Å². The zero-order valence-corrected chi connectivity index (χ0v) is 15.2. The Balaban J connectivity index is 2.01. The van der Waals surface area contributed by atoms with Crippen LogP contribution in [0.25, 0.3) is 5.69 Å². The quantitative estimate of drug-likeness (QED) is 0.701. The lowest BCUT2D eigenvalue weighted by Gasteiger charge is -2.30. The summed E-state index contributed by atoms with van der Waals surface area (Å²) in [5, 5.41) is 15.2. The smallest absolute Gasteiger partial charge is 0.373 e. The fourth-order valence-corrected chi connectivity index (χ4v) is 2.89. The molecule has 0 radical (unpaired) electrons. The van der Waals surface area contributed by atoms with Gasteiger partial charge in [-0.2, -0.15) is 17.9 Å². The van der Waals surface area contributed by atoms with Gasteiger partial charge in [-0.15, -0.1) is 5.10 Å². The molecule has 0 aliphatic heterocycles. The summed E-state index contributed by atoms with van der Waals surface area (Å²) in [6.45, 7) is 5.75. The lowest BCUT2D eigenvalue weighted by molar-refractivity contribution is -0.137. The van der Waals surface area contributed by atoms with Crippen molar-refractivity contribution in [1.82, 2.24) is 20.2 Å². The van der Waals surface area contributed by atoms with Crippen LogP contribution in [0.3, 0.4) is 0 Å². The number of anilines is 1. The lowest BCUT2D eigenvalue weighted by Crippen LogP contribution is -2.34. The number of benzene rings is 2. The Hall–Kier alpha value is -2.90. The van der Waals surface area contributed by atoms with E-state index in [1.54, 1.807) is 10.7 Å². The molecule has 0 saturated carbocycles. The molecule has 1 N–H and O–H groups in total. The first-order chi connectivity index (χ1) is 12.7. The number of aryl methyl sites for hydroxylation is 1. The van der Waals surface area contributed by atoms with Crippen molar-refractivity contribution >= 4 is 5.69 Å². The number of aromatic nitrogens is 4.